The number of hydrogen-bond donors (Lipinski definition) is 1. The number of carbonyl (C=O) groups is 1. The summed E-state index contributed by atoms with van der Waals surface area (Å²) >= 11 is 0. The lowest BCUT2D eigenvalue weighted by atomic mass is 9.97. The summed E-state index contributed by atoms with van der Waals surface area (Å²) in [6, 6.07) is 7.93. The first-order valence-corrected chi connectivity index (χ1v) is 10.7. The maximum Gasteiger partial charge on any atom is 0.227 e. The predicted molar refractivity (Wildman–Crippen MR) is 100 cm³/mol. The normalized spacial score (nSPS) is 20.0. The molecule has 7 heteroatoms. The fourth-order valence-electron chi connectivity index (χ4n) is 3.63. The van der Waals surface area contributed by atoms with Crippen molar-refractivity contribution < 1.29 is 13.2 Å². The summed E-state index contributed by atoms with van der Waals surface area (Å²) in [4.78, 5) is 15.0. The van der Waals surface area contributed by atoms with E-state index in [1.54, 1.807) is 6.92 Å². The molecule has 2 aliphatic rings. The third-order valence-electron chi connectivity index (χ3n) is 5.19. The number of nitrogens with zero attached hydrogens (tertiary/aromatic N) is 2. The maximum atomic E-state index is 12.7. The molecular weight excluding hydrogens is 338 g/mol. The van der Waals surface area contributed by atoms with Crippen LogP contribution in [0.15, 0.2) is 24.3 Å². The summed E-state index contributed by atoms with van der Waals surface area (Å²) in [7, 11) is -3.15. The first-order chi connectivity index (χ1) is 12.0. The van der Waals surface area contributed by atoms with Crippen LogP contribution in [0.1, 0.15) is 32.6 Å². The van der Waals surface area contributed by atoms with E-state index in [1.807, 2.05) is 18.2 Å². The molecule has 0 spiro atoms. The second-order valence-corrected chi connectivity index (χ2v) is 9.03. The van der Waals surface area contributed by atoms with Gasteiger partial charge in [0.25, 0.3) is 0 Å². The molecule has 6 nitrogen and oxygen atoms in total. The molecule has 1 N–H and O–H groups in total. The van der Waals surface area contributed by atoms with E-state index in [9.17, 15) is 13.2 Å². The molecule has 0 aromatic heterocycles. The van der Waals surface area contributed by atoms with Crippen LogP contribution in [-0.2, 0) is 14.8 Å². The molecule has 1 aromatic carbocycles. The SMILES string of the molecule is CCS(=O)(=O)N1CCC(C(=O)Nc2ccccc2N2CCCC2)CC1. The average molecular weight is 365 g/mol. The van der Waals surface area contributed by atoms with E-state index in [1.165, 1.54) is 17.1 Å². The van der Waals surface area contributed by atoms with E-state index in [2.05, 4.69) is 16.3 Å². The highest BCUT2D eigenvalue weighted by Gasteiger charge is 2.30. The molecule has 3 rings (SSSR count). The van der Waals surface area contributed by atoms with Gasteiger partial charge >= 0.3 is 0 Å². The number of sulfonamides is 1. The van der Waals surface area contributed by atoms with Gasteiger partial charge in [0.1, 0.15) is 0 Å². The molecule has 0 atom stereocenters. The monoisotopic (exact) mass is 365 g/mol. The molecule has 2 saturated heterocycles. The second-order valence-electron chi connectivity index (χ2n) is 6.77. The first kappa shape index (κ1) is 18.2. The number of piperidine rings is 1. The fraction of sp³-hybridized carbons (Fsp3) is 0.611. The van der Waals surface area contributed by atoms with Crippen LogP contribution in [0.5, 0.6) is 0 Å². The summed E-state index contributed by atoms with van der Waals surface area (Å²) in [5.41, 5.74) is 1.94. The van der Waals surface area contributed by atoms with Crippen molar-refractivity contribution in [3.05, 3.63) is 24.3 Å². The lowest BCUT2D eigenvalue weighted by Crippen LogP contribution is -2.42. The lowest BCUT2D eigenvalue weighted by Gasteiger charge is -2.30. The quantitative estimate of drug-likeness (QED) is 0.869. The van der Waals surface area contributed by atoms with Crippen LogP contribution in [0.25, 0.3) is 0 Å². The summed E-state index contributed by atoms with van der Waals surface area (Å²) in [5, 5.41) is 3.08. The molecule has 1 aromatic rings. The van der Waals surface area contributed by atoms with Crippen molar-refractivity contribution in [3.63, 3.8) is 0 Å². The van der Waals surface area contributed by atoms with E-state index in [0.29, 0.717) is 25.9 Å². The van der Waals surface area contributed by atoms with Gasteiger partial charge in [-0.3, -0.25) is 4.79 Å². The number of para-hydroxylation sites is 2. The third-order valence-corrected chi connectivity index (χ3v) is 7.07. The number of benzene rings is 1. The van der Waals surface area contributed by atoms with E-state index in [0.717, 1.165) is 24.5 Å². The summed E-state index contributed by atoms with van der Waals surface area (Å²) in [6.45, 7) is 4.58. The average Bonchev–Trinajstić information content (AvgIpc) is 3.17. The van der Waals surface area contributed by atoms with Gasteiger partial charge in [-0.15, -0.1) is 0 Å². The van der Waals surface area contributed by atoms with Crippen LogP contribution < -0.4 is 10.2 Å². The second kappa shape index (κ2) is 7.74. The minimum atomic E-state index is -3.15. The zero-order chi connectivity index (χ0) is 17.9. The van der Waals surface area contributed by atoms with Crippen LogP contribution in [-0.4, -0.2) is 50.6 Å². The molecule has 25 heavy (non-hydrogen) atoms. The van der Waals surface area contributed by atoms with E-state index in [4.69, 9.17) is 0 Å². The highest BCUT2D eigenvalue weighted by Crippen LogP contribution is 2.30. The first-order valence-electron chi connectivity index (χ1n) is 9.14. The minimum Gasteiger partial charge on any atom is -0.370 e. The summed E-state index contributed by atoms with van der Waals surface area (Å²) < 4.78 is 25.4. The number of carbonyl (C=O) groups excluding carboxylic acids is 1. The van der Waals surface area contributed by atoms with Gasteiger partial charge < -0.3 is 10.2 Å². The van der Waals surface area contributed by atoms with Crippen molar-refractivity contribution in [2.75, 3.05) is 42.1 Å². The molecule has 2 fully saturated rings. The molecule has 0 saturated carbocycles. The Bertz CT molecular complexity index is 706. The van der Waals surface area contributed by atoms with Crippen molar-refractivity contribution in [3.8, 4) is 0 Å². The van der Waals surface area contributed by atoms with Crippen LogP contribution in [0.2, 0.25) is 0 Å². The van der Waals surface area contributed by atoms with Gasteiger partial charge in [0.05, 0.1) is 17.1 Å². The van der Waals surface area contributed by atoms with Crippen molar-refractivity contribution in [1.29, 1.82) is 0 Å². The van der Waals surface area contributed by atoms with Gasteiger partial charge in [0, 0.05) is 32.1 Å². The van der Waals surface area contributed by atoms with Gasteiger partial charge in [-0.2, -0.15) is 0 Å². The van der Waals surface area contributed by atoms with E-state index >= 15 is 0 Å². The Hall–Kier alpha value is -1.60. The Morgan fingerprint density at radius 2 is 1.76 bits per heavy atom. The zero-order valence-electron chi connectivity index (χ0n) is 14.8. The van der Waals surface area contributed by atoms with Crippen molar-refractivity contribution in [2.45, 2.75) is 32.6 Å². The molecule has 2 aliphatic heterocycles. The van der Waals surface area contributed by atoms with Crippen molar-refractivity contribution in [1.82, 2.24) is 4.31 Å². The number of nitrogens with one attached hydrogen (secondary N) is 1. The number of hydrogen-bond acceptors (Lipinski definition) is 4. The Morgan fingerprint density at radius 3 is 2.40 bits per heavy atom. The molecule has 138 valence electrons. The van der Waals surface area contributed by atoms with E-state index in [-0.39, 0.29) is 17.6 Å². The topological polar surface area (TPSA) is 69.7 Å². The summed E-state index contributed by atoms with van der Waals surface area (Å²) in [6.07, 6.45) is 3.53. The highest BCUT2D eigenvalue weighted by atomic mass is 32.2. The molecule has 0 radical (unpaired) electrons. The maximum absolute atomic E-state index is 12.7. The largest absolute Gasteiger partial charge is 0.370 e. The Balaban J connectivity index is 1.62. The molecule has 1 amide bonds. The van der Waals surface area contributed by atoms with Gasteiger partial charge in [-0.1, -0.05) is 12.1 Å². The van der Waals surface area contributed by atoms with Gasteiger partial charge in [0.15, 0.2) is 0 Å². The van der Waals surface area contributed by atoms with Crippen LogP contribution in [0.4, 0.5) is 11.4 Å². The number of amides is 1. The van der Waals surface area contributed by atoms with Crippen LogP contribution >= 0.6 is 0 Å². The van der Waals surface area contributed by atoms with Gasteiger partial charge in [0.2, 0.25) is 15.9 Å². The molecule has 0 bridgehead atoms. The van der Waals surface area contributed by atoms with Crippen LogP contribution in [0.3, 0.4) is 0 Å². The fourth-order valence-corrected chi connectivity index (χ4v) is 4.76. The lowest BCUT2D eigenvalue weighted by molar-refractivity contribution is -0.120. The Morgan fingerprint density at radius 1 is 1.12 bits per heavy atom. The Kier molecular flexibility index (Phi) is 5.64. The Labute approximate surface area is 150 Å². The smallest absolute Gasteiger partial charge is 0.227 e. The standard InChI is InChI=1S/C18H27N3O3S/c1-2-25(23,24)21-13-9-15(10-14-21)18(22)19-16-7-3-4-8-17(16)20-11-5-6-12-20/h3-4,7-8,15H,2,5-6,9-14H2,1H3,(H,19,22). The summed E-state index contributed by atoms with van der Waals surface area (Å²) in [5.74, 6) is -0.0114. The predicted octanol–water partition coefficient (Wildman–Crippen LogP) is 2.29. The van der Waals surface area contributed by atoms with Crippen molar-refractivity contribution >= 4 is 27.3 Å². The van der Waals surface area contributed by atoms with Gasteiger partial charge in [-0.25, -0.2) is 12.7 Å². The van der Waals surface area contributed by atoms with Crippen LogP contribution in [0, 0.1) is 5.92 Å². The molecule has 0 aliphatic carbocycles. The highest BCUT2D eigenvalue weighted by molar-refractivity contribution is 7.89. The van der Waals surface area contributed by atoms with Gasteiger partial charge in [-0.05, 0) is 44.7 Å². The van der Waals surface area contributed by atoms with E-state index < -0.39 is 10.0 Å². The zero-order valence-corrected chi connectivity index (χ0v) is 15.6. The molecular formula is C18H27N3O3S. The van der Waals surface area contributed by atoms with Crippen molar-refractivity contribution in [2.24, 2.45) is 5.92 Å². The molecule has 2 heterocycles. The minimum absolute atomic E-state index is 0.000179. The molecule has 0 unspecified atom stereocenters. The third kappa shape index (κ3) is 4.15. The number of rotatable bonds is 5. The number of anilines is 2.